The summed E-state index contributed by atoms with van der Waals surface area (Å²) < 4.78 is 5.22. The molecule has 0 aromatic carbocycles. The van der Waals surface area contributed by atoms with Gasteiger partial charge in [-0.05, 0) is 20.1 Å². The first kappa shape index (κ1) is 28.9. The van der Waals surface area contributed by atoms with Crippen molar-refractivity contribution in [3.63, 3.8) is 0 Å². The molecule has 0 spiro atoms. The van der Waals surface area contributed by atoms with E-state index in [-0.39, 0.29) is 64.4 Å². The largest absolute Gasteiger partial charge is 0.834 e. The maximum Gasteiger partial charge on any atom is 0.303 e. The second-order valence-electron chi connectivity index (χ2n) is 7.98. The zero-order chi connectivity index (χ0) is 24.8. The fourth-order valence-corrected chi connectivity index (χ4v) is 3.69. The average Bonchev–Trinajstić information content (AvgIpc) is 2.70. The van der Waals surface area contributed by atoms with Crippen molar-refractivity contribution in [2.75, 3.05) is 78.8 Å². The molecule has 0 saturated carbocycles. The molecule has 1 rings (SSSR count). The summed E-state index contributed by atoms with van der Waals surface area (Å²) in [5, 5.41) is 42.6. The quantitative estimate of drug-likeness (QED) is 0.266. The Kier molecular flexibility index (Phi) is 13.7. The summed E-state index contributed by atoms with van der Waals surface area (Å²) >= 11 is 0. The van der Waals surface area contributed by atoms with Crippen LogP contribution in [-0.4, -0.2) is 133 Å². The van der Waals surface area contributed by atoms with Crippen molar-refractivity contribution >= 4 is 23.7 Å². The number of carboxylic acids is 3. The summed E-state index contributed by atoms with van der Waals surface area (Å²) in [6.45, 7) is 2.47. The van der Waals surface area contributed by atoms with Gasteiger partial charge in [0, 0.05) is 71.9 Å². The fourth-order valence-electron chi connectivity index (χ4n) is 3.69. The fraction of sp³-hybridized carbons (Fsp3) is 0.800. The van der Waals surface area contributed by atoms with E-state index in [1.807, 2.05) is 4.90 Å². The van der Waals surface area contributed by atoms with Crippen LogP contribution in [0.2, 0.25) is 0 Å². The van der Waals surface area contributed by atoms with E-state index in [1.54, 1.807) is 14.7 Å². The minimum absolute atomic E-state index is 0.0466. The number of nitrogens with zero attached hydrogens (tertiary/aromatic N) is 4. The molecule has 0 aromatic heterocycles. The third-order valence-corrected chi connectivity index (χ3v) is 5.30. The van der Waals surface area contributed by atoms with Crippen LogP contribution in [-0.2, 0) is 23.9 Å². The van der Waals surface area contributed by atoms with Gasteiger partial charge in [-0.1, -0.05) is 0 Å². The number of carbonyl (C=O) groups is 4. The van der Waals surface area contributed by atoms with E-state index in [9.17, 15) is 34.5 Å². The molecule has 0 amide bonds. The maximum absolute atomic E-state index is 11.6. The third kappa shape index (κ3) is 13.2. The number of ether oxygens (including phenoxy) is 1. The van der Waals surface area contributed by atoms with Crippen LogP contribution in [0.15, 0.2) is 0 Å². The Labute approximate surface area is 193 Å². The maximum atomic E-state index is 11.6. The number of carbonyl (C=O) groups excluding carboxylic acids is 3. The van der Waals surface area contributed by atoms with Gasteiger partial charge in [0.15, 0.2) is 0 Å². The smallest absolute Gasteiger partial charge is 0.303 e. The number of aliphatic carboxylic acids is 3. The van der Waals surface area contributed by atoms with Crippen molar-refractivity contribution < 1.29 is 44.3 Å². The van der Waals surface area contributed by atoms with Crippen LogP contribution in [0.4, 0.5) is 0 Å². The van der Waals surface area contributed by atoms with Crippen molar-refractivity contribution in [3.8, 4) is 0 Å². The lowest BCUT2D eigenvalue weighted by atomic mass is 10.2. The van der Waals surface area contributed by atoms with Crippen molar-refractivity contribution in [3.05, 3.63) is 0 Å². The molecule has 0 aromatic rings. The monoisotopic (exact) mass is 473 g/mol. The molecule has 1 heterocycles. The predicted molar refractivity (Wildman–Crippen MR) is 108 cm³/mol. The average molecular weight is 474 g/mol. The Bertz CT molecular complexity index is 617. The molecule has 0 aliphatic carbocycles. The van der Waals surface area contributed by atoms with Crippen LogP contribution in [0.25, 0.3) is 0 Å². The third-order valence-electron chi connectivity index (χ3n) is 5.30. The van der Waals surface area contributed by atoms with Gasteiger partial charge < -0.3 is 34.8 Å². The normalized spacial score (nSPS) is 19.3. The van der Waals surface area contributed by atoms with Crippen molar-refractivity contribution in [2.24, 2.45) is 0 Å². The highest BCUT2D eigenvalue weighted by molar-refractivity contribution is 5.77. The molecule has 0 bridgehead atoms. The van der Waals surface area contributed by atoms with Gasteiger partial charge in [0.05, 0.1) is 18.5 Å². The van der Waals surface area contributed by atoms with E-state index in [4.69, 9.17) is 9.84 Å². The predicted octanol–water partition coefficient (Wildman–Crippen LogP) is -5.18. The summed E-state index contributed by atoms with van der Waals surface area (Å²) in [4.78, 5) is 51.9. The Balaban J connectivity index is 3.07. The van der Waals surface area contributed by atoms with Gasteiger partial charge in [0.2, 0.25) is 0 Å². The van der Waals surface area contributed by atoms with E-state index in [1.165, 1.54) is 6.92 Å². The number of rotatable bonds is 12. The van der Waals surface area contributed by atoms with Crippen LogP contribution in [0.3, 0.4) is 0 Å². The Morgan fingerprint density at radius 1 is 0.818 bits per heavy atom. The molecular formula is C20H33N4O9-3. The molecule has 13 heteroatoms. The van der Waals surface area contributed by atoms with E-state index in [0.717, 1.165) is 0 Å². The summed E-state index contributed by atoms with van der Waals surface area (Å²) in [6.07, 6.45) is -0.997. The first-order valence-electron chi connectivity index (χ1n) is 10.8. The summed E-state index contributed by atoms with van der Waals surface area (Å²) in [5.74, 6) is -3.64. The number of ketones is 1. The molecule has 1 N–H and O–H groups in total. The number of hydrogen-bond donors (Lipinski definition) is 1. The topological polar surface area (TPSA) is 180 Å². The van der Waals surface area contributed by atoms with Crippen LogP contribution in [0.5, 0.6) is 0 Å². The molecule has 33 heavy (non-hydrogen) atoms. The van der Waals surface area contributed by atoms with Crippen LogP contribution in [0, 0.1) is 0 Å². The Morgan fingerprint density at radius 2 is 1.24 bits per heavy atom. The lowest BCUT2D eigenvalue weighted by Gasteiger charge is -2.37. The summed E-state index contributed by atoms with van der Waals surface area (Å²) in [6, 6.07) is 0. The van der Waals surface area contributed by atoms with Crippen LogP contribution < -0.4 is 15.3 Å². The summed E-state index contributed by atoms with van der Waals surface area (Å²) in [5.41, 5.74) is 0. The minimum atomic E-state index is -1.26. The molecule has 13 nitrogen and oxygen atoms in total. The molecule has 1 aliphatic heterocycles. The van der Waals surface area contributed by atoms with Crippen molar-refractivity contribution in [2.45, 2.75) is 26.0 Å². The zero-order valence-corrected chi connectivity index (χ0v) is 19.0. The van der Waals surface area contributed by atoms with Gasteiger partial charge in [0.1, 0.15) is 12.0 Å². The zero-order valence-electron chi connectivity index (χ0n) is 19.0. The Morgan fingerprint density at radius 3 is 1.61 bits per heavy atom. The summed E-state index contributed by atoms with van der Waals surface area (Å²) in [7, 11) is 0. The van der Waals surface area contributed by atoms with Crippen LogP contribution >= 0.6 is 0 Å². The molecule has 1 atom stereocenters. The number of hydrogen-bond acceptors (Lipinski definition) is 12. The van der Waals surface area contributed by atoms with Crippen molar-refractivity contribution in [1.82, 2.24) is 19.6 Å². The molecule has 0 radical (unpaired) electrons. The lowest BCUT2D eigenvalue weighted by molar-refractivity contribution is -0.443. The first-order valence-corrected chi connectivity index (χ1v) is 10.8. The second-order valence-corrected chi connectivity index (χ2v) is 7.98. The van der Waals surface area contributed by atoms with E-state index in [0.29, 0.717) is 26.2 Å². The van der Waals surface area contributed by atoms with Gasteiger partial charge in [0.25, 0.3) is 0 Å². The van der Waals surface area contributed by atoms with Crippen molar-refractivity contribution in [1.29, 1.82) is 0 Å². The molecular weight excluding hydrogens is 440 g/mol. The molecule has 1 unspecified atom stereocenters. The Hall–Kier alpha value is -2.16. The van der Waals surface area contributed by atoms with E-state index >= 15 is 0 Å². The van der Waals surface area contributed by atoms with Crippen LogP contribution in [0.1, 0.15) is 19.8 Å². The van der Waals surface area contributed by atoms with E-state index in [2.05, 4.69) is 0 Å². The van der Waals surface area contributed by atoms with Gasteiger partial charge in [-0.2, -0.15) is 0 Å². The second kappa shape index (κ2) is 15.6. The van der Waals surface area contributed by atoms with Gasteiger partial charge in [-0.15, -0.1) is 0 Å². The molecule has 1 fully saturated rings. The lowest BCUT2D eigenvalue weighted by Crippen LogP contribution is -2.52. The molecule has 1 aliphatic rings. The SMILES string of the molecule is CC(=O)CN1CCN(CC(=O)[O-])CCN(C(CCC(=O)O)OC[O-])CCN(CC(=O)[O-])CC1. The van der Waals surface area contributed by atoms with Gasteiger partial charge >= 0.3 is 5.97 Å². The standard InChI is InChI=1S/C20H35N4O9/c1-16(26)12-21-4-6-22(13-19(29)30)8-10-24(17(33-15-25)2-3-18(27)28)11-9-23(7-5-21)14-20(31)32/h17H,2-15H2,1H3,(H,27,28)(H,29,30)(H,31,32)/q-1/p-2. The minimum Gasteiger partial charge on any atom is -0.834 e. The van der Waals surface area contributed by atoms with E-state index < -0.39 is 30.9 Å². The van der Waals surface area contributed by atoms with Gasteiger partial charge in [-0.3, -0.25) is 29.2 Å². The molecule has 190 valence electrons. The highest BCUT2D eigenvalue weighted by Gasteiger charge is 2.23. The highest BCUT2D eigenvalue weighted by atomic mass is 16.6. The number of Topliss-reactive ketones (excluding diaryl/α,β-unsaturated/α-hetero) is 1. The number of carboxylic acid groups (broad SMARTS) is 3. The van der Waals surface area contributed by atoms with Gasteiger partial charge in [-0.25, -0.2) is 0 Å². The molecule has 1 saturated heterocycles. The highest BCUT2D eigenvalue weighted by Crippen LogP contribution is 2.11. The first-order chi connectivity index (χ1) is 15.6.